The van der Waals surface area contributed by atoms with E-state index in [0.717, 1.165) is 6.07 Å². The molecular weight excluding hydrogens is 308 g/mol. The Labute approximate surface area is 126 Å². The molecule has 0 saturated carbocycles. The van der Waals surface area contributed by atoms with Crippen LogP contribution in [0.2, 0.25) is 5.02 Å². The van der Waals surface area contributed by atoms with Gasteiger partial charge < -0.3 is 15.4 Å². The molecule has 8 heteroatoms. The summed E-state index contributed by atoms with van der Waals surface area (Å²) >= 11 is 5.79. The van der Waals surface area contributed by atoms with Crippen LogP contribution in [0.5, 0.6) is 0 Å². The Morgan fingerprint density at radius 1 is 1.60 bits per heavy atom. The number of hydrogen-bond acceptors (Lipinski definition) is 4. The standard InChI is InChI=1S/C12H11ClFN3O2.ClH/c13-8-4-10(9(14)3-7(8)5-15)17-12(18)11-6-16-1-2-19-11;/h3-4,11,16H,1-2,6H2,(H,17,18);1H. The number of ether oxygens (including phenoxy) is 1. The zero-order valence-electron chi connectivity index (χ0n) is 10.3. The highest BCUT2D eigenvalue weighted by Gasteiger charge is 2.23. The molecule has 0 aliphatic carbocycles. The number of halogens is 3. The Morgan fingerprint density at radius 2 is 2.35 bits per heavy atom. The van der Waals surface area contributed by atoms with E-state index in [0.29, 0.717) is 19.7 Å². The van der Waals surface area contributed by atoms with Crippen LogP contribution in [0.1, 0.15) is 5.56 Å². The summed E-state index contributed by atoms with van der Waals surface area (Å²) in [5.74, 6) is -1.16. The molecule has 0 spiro atoms. The third-order valence-corrected chi connectivity index (χ3v) is 2.97. The zero-order chi connectivity index (χ0) is 13.8. The van der Waals surface area contributed by atoms with E-state index >= 15 is 0 Å². The Bertz CT molecular complexity index is 542. The summed E-state index contributed by atoms with van der Waals surface area (Å²) in [6.45, 7) is 1.48. The van der Waals surface area contributed by atoms with Gasteiger partial charge in [-0.25, -0.2) is 4.39 Å². The third-order valence-electron chi connectivity index (χ3n) is 2.66. The number of hydrogen-bond donors (Lipinski definition) is 2. The first-order chi connectivity index (χ1) is 9.11. The molecule has 1 saturated heterocycles. The maximum atomic E-state index is 13.7. The van der Waals surface area contributed by atoms with E-state index in [1.54, 1.807) is 6.07 Å². The quantitative estimate of drug-likeness (QED) is 0.870. The van der Waals surface area contributed by atoms with Gasteiger partial charge in [0.25, 0.3) is 5.91 Å². The van der Waals surface area contributed by atoms with E-state index in [1.165, 1.54) is 6.07 Å². The molecule has 1 fully saturated rings. The van der Waals surface area contributed by atoms with Crippen molar-refractivity contribution in [1.29, 1.82) is 5.26 Å². The number of nitrogens with one attached hydrogen (secondary N) is 2. The van der Waals surface area contributed by atoms with E-state index in [-0.39, 0.29) is 28.7 Å². The predicted octanol–water partition coefficient (Wildman–Crippen LogP) is 1.70. The number of carbonyl (C=O) groups is 1. The summed E-state index contributed by atoms with van der Waals surface area (Å²) < 4.78 is 18.9. The van der Waals surface area contributed by atoms with Crippen molar-refractivity contribution in [3.05, 3.63) is 28.5 Å². The summed E-state index contributed by atoms with van der Waals surface area (Å²) in [5.41, 5.74) is -0.0454. The number of nitrogens with zero attached hydrogens (tertiary/aromatic N) is 1. The fourth-order valence-electron chi connectivity index (χ4n) is 1.68. The maximum absolute atomic E-state index is 13.7. The molecule has 1 heterocycles. The van der Waals surface area contributed by atoms with Crippen LogP contribution >= 0.6 is 24.0 Å². The van der Waals surface area contributed by atoms with Crippen molar-refractivity contribution in [3.8, 4) is 6.07 Å². The highest BCUT2D eigenvalue weighted by atomic mass is 35.5. The van der Waals surface area contributed by atoms with E-state index in [1.807, 2.05) is 0 Å². The molecule has 1 aromatic carbocycles. The van der Waals surface area contributed by atoms with Gasteiger partial charge in [-0.3, -0.25) is 4.79 Å². The fraction of sp³-hybridized carbons (Fsp3) is 0.333. The molecule has 2 N–H and O–H groups in total. The van der Waals surface area contributed by atoms with Gasteiger partial charge in [-0.1, -0.05) is 11.6 Å². The van der Waals surface area contributed by atoms with Gasteiger partial charge in [-0.05, 0) is 12.1 Å². The second-order valence-corrected chi connectivity index (χ2v) is 4.38. The average Bonchev–Trinajstić information content (AvgIpc) is 2.43. The van der Waals surface area contributed by atoms with Crippen LogP contribution < -0.4 is 10.6 Å². The molecule has 1 amide bonds. The second kappa shape index (κ2) is 7.41. The summed E-state index contributed by atoms with van der Waals surface area (Å²) in [5, 5.41) is 14.2. The monoisotopic (exact) mass is 319 g/mol. The highest BCUT2D eigenvalue weighted by molar-refractivity contribution is 6.32. The van der Waals surface area contributed by atoms with Crippen molar-refractivity contribution >= 4 is 35.6 Å². The van der Waals surface area contributed by atoms with E-state index in [4.69, 9.17) is 21.6 Å². The number of nitriles is 1. The molecule has 0 aromatic heterocycles. The molecule has 1 aliphatic heterocycles. The number of morpholine rings is 1. The SMILES string of the molecule is Cl.N#Cc1cc(F)c(NC(=O)C2CNCCO2)cc1Cl. The predicted molar refractivity (Wildman–Crippen MR) is 74.6 cm³/mol. The van der Waals surface area contributed by atoms with Crippen molar-refractivity contribution in [2.24, 2.45) is 0 Å². The molecule has 108 valence electrons. The molecular formula is C12H12Cl2FN3O2. The van der Waals surface area contributed by atoms with E-state index in [9.17, 15) is 9.18 Å². The summed E-state index contributed by atoms with van der Waals surface area (Å²) in [6, 6.07) is 3.96. The first kappa shape index (κ1) is 16.7. The molecule has 1 aromatic rings. The lowest BCUT2D eigenvalue weighted by Crippen LogP contribution is -2.45. The van der Waals surface area contributed by atoms with Gasteiger partial charge in [0.2, 0.25) is 0 Å². The van der Waals surface area contributed by atoms with Crippen LogP contribution in [0, 0.1) is 17.1 Å². The molecule has 0 bridgehead atoms. The van der Waals surface area contributed by atoms with Gasteiger partial charge in [0.15, 0.2) is 0 Å². The first-order valence-corrected chi connectivity index (χ1v) is 6.02. The van der Waals surface area contributed by atoms with Crippen LogP contribution in [-0.2, 0) is 9.53 Å². The molecule has 20 heavy (non-hydrogen) atoms. The molecule has 5 nitrogen and oxygen atoms in total. The largest absolute Gasteiger partial charge is 0.366 e. The molecule has 1 atom stereocenters. The number of benzene rings is 1. The topological polar surface area (TPSA) is 74.2 Å². The number of rotatable bonds is 2. The smallest absolute Gasteiger partial charge is 0.254 e. The Balaban J connectivity index is 0.00000200. The Morgan fingerprint density at radius 3 is 2.95 bits per heavy atom. The minimum atomic E-state index is -0.710. The summed E-state index contributed by atoms with van der Waals surface area (Å²) in [7, 11) is 0. The lowest BCUT2D eigenvalue weighted by atomic mass is 10.2. The molecule has 2 rings (SSSR count). The van der Waals surface area contributed by atoms with Gasteiger partial charge in [-0.2, -0.15) is 5.26 Å². The van der Waals surface area contributed by atoms with Crippen LogP contribution in [0.15, 0.2) is 12.1 Å². The van der Waals surface area contributed by atoms with Crippen molar-refractivity contribution in [2.75, 3.05) is 25.0 Å². The lowest BCUT2D eigenvalue weighted by Gasteiger charge is -2.22. The average molecular weight is 320 g/mol. The third kappa shape index (κ3) is 3.81. The fourth-order valence-corrected chi connectivity index (χ4v) is 1.88. The number of anilines is 1. The normalized spacial score (nSPS) is 17.8. The summed E-state index contributed by atoms with van der Waals surface area (Å²) in [4.78, 5) is 11.8. The minimum absolute atomic E-state index is 0. The van der Waals surface area contributed by atoms with Crippen LogP contribution in [0.3, 0.4) is 0 Å². The van der Waals surface area contributed by atoms with E-state index < -0.39 is 17.8 Å². The molecule has 1 unspecified atom stereocenters. The zero-order valence-corrected chi connectivity index (χ0v) is 11.9. The van der Waals surface area contributed by atoms with Crippen molar-refractivity contribution in [3.63, 3.8) is 0 Å². The van der Waals surface area contributed by atoms with E-state index in [2.05, 4.69) is 10.6 Å². The van der Waals surface area contributed by atoms with Gasteiger partial charge in [0.05, 0.1) is 22.9 Å². The second-order valence-electron chi connectivity index (χ2n) is 3.98. The van der Waals surface area contributed by atoms with Gasteiger partial charge >= 0.3 is 0 Å². The lowest BCUT2D eigenvalue weighted by molar-refractivity contribution is -0.128. The number of carbonyl (C=O) groups excluding carboxylic acids is 1. The van der Waals surface area contributed by atoms with Gasteiger partial charge in [-0.15, -0.1) is 12.4 Å². The summed E-state index contributed by atoms with van der Waals surface area (Å²) in [6.07, 6.45) is -0.664. The molecule has 1 aliphatic rings. The first-order valence-electron chi connectivity index (χ1n) is 5.64. The van der Waals surface area contributed by atoms with Crippen molar-refractivity contribution in [2.45, 2.75) is 6.10 Å². The van der Waals surface area contributed by atoms with Gasteiger partial charge in [0, 0.05) is 13.1 Å². The highest BCUT2D eigenvalue weighted by Crippen LogP contribution is 2.24. The number of amides is 1. The minimum Gasteiger partial charge on any atom is -0.366 e. The van der Waals surface area contributed by atoms with Crippen LogP contribution in [0.4, 0.5) is 10.1 Å². The molecule has 0 radical (unpaired) electrons. The Kier molecular flexibility index (Phi) is 6.17. The Hall–Kier alpha value is -1.39. The maximum Gasteiger partial charge on any atom is 0.254 e. The van der Waals surface area contributed by atoms with Crippen LogP contribution in [0.25, 0.3) is 0 Å². The van der Waals surface area contributed by atoms with Crippen molar-refractivity contribution < 1.29 is 13.9 Å². The van der Waals surface area contributed by atoms with Gasteiger partial charge in [0.1, 0.15) is 18.0 Å². The van der Waals surface area contributed by atoms with Crippen LogP contribution in [-0.4, -0.2) is 31.7 Å². The van der Waals surface area contributed by atoms with Crippen molar-refractivity contribution in [1.82, 2.24) is 5.32 Å².